The lowest BCUT2D eigenvalue weighted by Gasteiger charge is -2.14. The number of carbonyl (C=O) groups is 2. The van der Waals surface area contributed by atoms with Gasteiger partial charge in [-0.3, -0.25) is 4.79 Å². The summed E-state index contributed by atoms with van der Waals surface area (Å²) in [6, 6.07) is 9.96. The Bertz CT molecular complexity index is 764. The van der Waals surface area contributed by atoms with Gasteiger partial charge in [-0.15, -0.1) is 0 Å². The van der Waals surface area contributed by atoms with E-state index in [4.69, 9.17) is 21.1 Å². The number of rotatable bonds is 6. The lowest BCUT2D eigenvalue weighted by Crippen LogP contribution is -2.30. The fourth-order valence-corrected chi connectivity index (χ4v) is 2.18. The van der Waals surface area contributed by atoms with Gasteiger partial charge in [0.05, 0.1) is 22.9 Å². The van der Waals surface area contributed by atoms with Gasteiger partial charge < -0.3 is 14.8 Å². The number of halogens is 2. The van der Waals surface area contributed by atoms with E-state index in [9.17, 15) is 14.0 Å². The van der Waals surface area contributed by atoms with Crippen LogP contribution in [0.4, 0.5) is 10.1 Å². The molecule has 0 spiro atoms. The first-order valence-corrected chi connectivity index (χ1v) is 7.98. The second kappa shape index (κ2) is 8.48. The van der Waals surface area contributed by atoms with E-state index in [1.54, 1.807) is 24.3 Å². The van der Waals surface area contributed by atoms with Crippen molar-refractivity contribution < 1.29 is 23.5 Å². The van der Waals surface area contributed by atoms with Crippen LogP contribution in [0.5, 0.6) is 5.75 Å². The summed E-state index contributed by atoms with van der Waals surface area (Å²) >= 11 is 5.85. The van der Waals surface area contributed by atoms with Gasteiger partial charge in [0.25, 0.3) is 5.91 Å². The van der Waals surface area contributed by atoms with Crippen LogP contribution in [0.2, 0.25) is 5.02 Å². The quantitative estimate of drug-likeness (QED) is 0.784. The number of benzene rings is 2. The second-order valence-corrected chi connectivity index (χ2v) is 5.53. The number of anilines is 1. The van der Waals surface area contributed by atoms with Crippen LogP contribution in [0.25, 0.3) is 0 Å². The van der Waals surface area contributed by atoms with Crippen molar-refractivity contribution in [3.63, 3.8) is 0 Å². The fourth-order valence-electron chi connectivity index (χ4n) is 1.96. The molecule has 0 radical (unpaired) electrons. The standard InChI is InChI=1S/C18H17ClFNO4/c1-3-24-14-7-4-12(5-8-14)18(23)25-11(2)17(22)21-16-9-6-13(20)10-15(16)19/h4-11H,3H2,1-2H3,(H,21,22)/t11-/m1/s1. The van der Waals surface area contributed by atoms with Gasteiger partial charge in [0.15, 0.2) is 6.10 Å². The lowest BCUT2D eigenvalue weighted by molar-refractivity contribution is -0.123. The highest BCUT2D eigenvalue weighted by Crippen LogP contribution is 2.22. The van der Waals surface area contributed by atoms with Crippen molar-refractivity contribution in [2.45, 2.75) is 20.0 Å². The Morgan fingerprint density at radius 2 is 1.88 bits per heavy atom. The maximum atomic E-state index is 13.0. The summed E-state index contributed by atoms with van der Waals surface area (Å²) in [6.07, 6.45) is -1.06. The molecule has 25 heavy (non-hydrogen) atoms. The van der Waals surface area contributed by atoms with Crippen LogP contribution in [0.1, 0.15) is 24.2 Å². The topological polar surface area (TPSA) is 64.6 Å². The molecule has 0 heterocycles. The summed E-state index contributed by atoms with van der Waals surface area (Å²) in [5, 5.41) is 2.54. The van der Waals surface area contributed by atoms with Gasteiger partial charge in [0, 0.05) is 0 Å². The van der Waals surface area contributed by atoms with E-state index in [-0.39, 0.29) is 10.7 Å². The van der Waals surface area contributed by atoms with Crippen molar-refractivity contribution in [1.29, 1.82) is 0 Å². The summed E-state index contributed by atoms with van der Waals surface area (Å²) in [7, 11) is 0. The van der Waals surface area contributed by atoms with Crippen LogP contribution in [0.3, 0.4) is 0 Å². The van der Waals surface area contributed by atoms with E-state index in [2.05, 4.69) is 5.32 Å². The summed E-state index contributed by atoms with van der Waals surface area (Å²) in [4.78, 5) is 24.2. The monoisotopic (exact) mass is 365 g/mol. The molecule has 0 saturated heterocycles. The minimum atomic E-state index is -1.06. The Kier molecular flexibility index (Phi) is 6.36. The Labute approximate surface area is 149 Å². The molecule has 0 aliphatic carbocycles. The number of esters is 1. The Morgan fingerprint density at radius 1 is 1.20 bits per heavy atom. The highest BCUT2D eigenvalue weighted by atomic mass is 35.5. The van der Waals surface area contributed by atoms with Crippen molar-refractivity contribution in [2.75, 3.05) is 11.9 Å². The minimum Gasteiger partial charge on any atom is -0.494 e. The summed E-state index contributed by atoms with van der Waals surface area (Å²) in [6.45, 7) is 3.81. The predicted octanol–water partition coefficient (Wildman–Crippen LogP) is 4.06. The molecule has 0 aromatic heterocycles. The second-order valence-electron chi connectivity index (χ2n) is 5.12. The largest absolute Gasteiger partial charge is 0.494 e. The lowest BCUT2D eigenvalue weighted by atomic mass is 10.2. The number of nitrogens with one attached hydrogen (secondary N) is 1. The SMILES string of the molecule is CCOc1ccc(C(=O)O[C@H](C)C(=O)Nc2ccc(F)cc2Cl)cc1. The first-order chi connectivity index (χ1) is 11.9. The van der Waals surface area contributed by atoms with E-state index >= 15 is 0 Å². The predicted molar refractivity (Wildman–Crippen MR) is 92.5 cm³/mol. The molecule has 132 valence electrons. The number of ether oxygens (including phenoxy) is 2. The van der Waals surface area contributed by atoms with Crippen molar-refractivity contribution in [2.24, 2.45) is 0 Å². The van der Waals surface area contributed by atoms with Crippen molar-refractivity contribution in [1.82, 2.24) is 0 Å². The summed E-state index contributed by atoms with van der Waals surface area (Å²) < 4.78 is 23.4. The smallest absolute Gasteiger partial charge is 0.338 e. The Hall–Kier alpha value is -2.60. The number of hydrogen-bond donors (Lipinski definition) is 1. The van der Waals surface area contributed by atoms with Gasteiger partial charge in [-0.2, -0.15) is 0 Å². The average Bonchev–Trinajstić information content (AvgIpc) is 2.58. The van der Waals surface area contributed by atoms with Gasteiger partial charge in [-0.05, 0) is 56.3 Å². The molecule has 7 heteroatoms. The molecule has 0 aliphatic heterocycles. The molecule has 5 nitrogen and oxygen atoms in total. The molecule has 0 unspecified atom stereocenters. The van der Waals surface area contributed by atoms with E-state index in [1.165, 1.54) is 13.0 Å². The third-order valence-electron chi connectivity index (χ3n) is 3.24. The van der Waals surface area contributed by atoms with Gasteiger partial charge in [0.1, 0.15) is 11.6 Å². The zero-order valence-corrected chi connectivity index (χ0v) is 14.5. The molecular weight excluding hydrogens is 349 g/mol. The maximum Gasteiger partial charge on any atom is 0.338 e. The van der Waals surface area contributed by atoms with Gasteiger partial charge >= 0.3 is 5.97 Å². The number of carbonyl (C=O) groups excluding carboxylic acids is 2. The first kappa shape index (κ1) is 18.7. The van der Waals surface area contributed by atoms with E-state index in [0.717, 1.165) is 12.1 Å². The molecule has 0 fully saturated rings. The van der Waals surface area contributed by atoms with Crippen LogP contribution in [-0.2, 0) is 9.53 Å². The van der Waals surface area contributed by atoms with E-state index in [0.29, 0.717) is 17.9 Å². The molecule has 1 amide bonds. The molecule has 1 atom stereocenters. The molecule has 1 N–H and O–H groups in total. The molecule has 0 saturated carbocycles. The molecule has 2 aromatic rings. The minimum absolute atomic E-state index is 0.0541. The zero-order valence-electron chi connectivity index (χ0n) is 13.7. The molecule has 2 rings (SSSR count). The van der Waals surface area contributed by atoms with Crippen LogP contribution in [0, 0.1) is 5.82 Å². The van der Waals surface area contributed by atoms with Crippen molar-refractivity contribution in [3.8, 4) is 5.75 Å². The summed E-state index contributed by atoms with van der Waals surface area (Å²) in [5.41, 5.74) is 0.528. The molecule has 2 aromatic carbocycles. The average molecular weight is 366 g/mol. The van der Waals surface area contributed by atoms with Gasteiger partial charge in [0.2, 0.25) is 0 Å². The van der Waals surface area contributed by atoms with E-state index in [1.807, 2.05) is 6.92 Å². The van der Waals surface area contributed by atoms with Crippen LogP contribution >= 0.6 is 11.6 Å². The van der Waals surface area contributed by atoms with Crippen LogP contribution in [0.15, 0.2) is 42.5 Å². The molecule has 0 aliphatic rings. The third kappa shape index (κ3) is 5.19. The highest BCUT2D eigenvalue weighted by molar-refractivity contribution is 6.33. The fraction of sp³-hybridized carbons (Fsp3) is 0.222. The summed E-state index contributed by atoms with van der Waals surface area (Å²) in [5.74, 6) is -1.10. The van der Waals surface area contributed by atoms with Crippen LogP contribution < -0.4 is 10.1 Å². The van der Waals surface area contributed by atoms with Gasteiger partial charge in [-0.1, -0.05) is 11.6 Å². The molecular formula is C18H17ClFNO4. The number of hydrogen-bond acceptors (Lipinski definition) is 4. The van der Waals surface area contributed by atoms with Gasteiger partial charge in [-0.25, -0.2) is 9.18 Å². The molecule has 0 bridgehead atoms. The van der Waals surface area contributed by atoms with E-state index < -0.39 is 23.8 Å². The van der Waals surface area contributed by atoms with Crippen LogP contribution in [-0.4, -0.2) is 24.6 Å². The normalized spacial score (nSPS) is 11.5. The third-order valence-corrected chi connectivity index (χ3v) is 3.56. The van der Waals surface area contributed by atoms with Crippen molar-refractivity contribution in [3.05, 3.63) is 58.9 Å². The number of amides is 1. The maximum absolute atomic E-state index is 13.0. The Balaban J connectivity index is 1.96. The Morgan fingerprint density at radius 3 is 2.48 bits per heavy atom. The highest BCUT2D eigenvalue weighted by Gasteiger charge is 2.20. The van der Waals surface area contributed by atoms with Crippen molar-refractivity contribution >= 4 is 29.2 Å². The first-order valence-electron chi connectivity index (χ1n) is 7.60. The zero-order chi connectivity index (χ0) is 18.4.